The number of benzene rings is 1. The minimum Gasteiger partial charge on any atom is -0.494 e. The molecule has 3 aliphatic heterocycles. The van der Waals surface area contributed by atoms with Crippen LogP contribution in [0.1, 0.15) is 31.4 Å². The third-order valence-corrected chi connectivity index (χ3v) is 7.30. The van der Waals surface area contributed by atoms with E-state index < -0.39 is 12.0 Å². The second-order valence-electron chi connectivity index (χ2n) is 9.78. The van der Waals surface area contributed by atoms with Crippen LogP contribution in [0.4, 0.5) is 18.9 Å². The van der Waals surface area contributed by atoms with Gasteiger partial charge in [-0.1, -0.05) is 0 Å². The van der Waals surface area contributed by atoms with E-state index in [-0.39, 0.29) is 11.7 Å². The van der Waals surface area contributed by atoms with E-state index in [0.717, 1.165) is 68.3 Å². The minimum atomic E-state index is -4.58. The summed E-state index contributed by atoms with van der Waals surface area (Å²) >= 11 is 0. The number of hydrogen-bond acceptors (Lipinski definition) is 8. The molecule has 13 heteroatoms. The number of fused-ring (bicyclic) bond motifs is 1. The van der Waals surface area contributed by atoms with Gasteiger partial charge in [0.05, 0.1) is 6.61 Å². The fraction of sp³-hybridized carbons (Fsp3) is 0.600. The van der Waals surface area contributed by atoms with E-state index >= 15 is 0 Å². The molecule has 0 aliphatic carbocycles. The number of carbonyl (C=O) groups is 1. The lowest BCUT2D eigenvalue weighted by molar-refractivity contribution is -0.147. The van der Waals surface area contributed by atoms with Gasteiger partial charge in [0.2, 0.25) is 5.91 Å². The summed E-state index contributed by atoms with van der Waals surface area (Å²) in [5, 5.41) is 11.2. The second kappa shape index (κ2) is 11.2. The molecule has 0 radical (unpaired) electrons. The Labute approximate surface area is 219 Å². The van der Waals surface area contributed by atoms with Gasteiger partial charge in [-0.2, -0.15) is 22.9 Å². The molecule has 2 fully saturated rings. The maximum Gasteiger partial charge on any atom is 0.453 e. The van der Waals surface area contributed by atoms with Crippen molar-refractivity contribution in [1.82, 2.24) is 29.6 Å². The number of ether oxygens (including phenoxy) is 1. The number of aromatic nitrogens is 3. The van der Waals surface area contributed by atoms with Crippen LogP contribution in [-0.2, 0) is 17.4 Å². The number of carbonyl (C=O) groups excluding carboxylic acids is 1. The van der Waals surface area contributed by atoms with Crippen LogP contribution in [0.3, 0.4) is 0 Å². The Bertz CT molecular complexity index is 1130. The van der Waals surface area contributed by atoms with Crippen LogP contribution in [-0.4, -0.2) is 107 Å². The zero-order valence-electron chi connectivity index (χ0n) is 21.5. The molecule has 4 heterocycles. The van der Waals surface area contributed by atoms with Crippen LogP contribution in [0.15, 0.2) is 29.4 Å². The molecule has 1 aromatic heterocycles. The van der Waals surface area contributed by atoms with E-state index in [9.17, 15) is 18.0 Å². The number of halogens is 3. The normalized spacial score (nSPS) is 18.8. The van der Waals surface area contributed by atoms with Gasteiger partial charge in [0.1, 0.15) is 11.6 Å². The predicted octanol–water partition coefficient (Wildman–Crippen LogP) is 2.16. The smallest absolute Gasteiger partial charge is 0.453 e. The molecule has 0 spiro atoms. The van der Waals surface area contributed by atoms with Gasteiger partial charge in [-0.3, -0.25) is 9.69 Å². The van der Waals surface area contributed by atoms with Crippen molar-refractivity contribution in [3.63, 3.8) is 0 Å². The van der Waals surface area contributed by atoms with Crippen LogP contribution < -0.4 is 9.64 Å². The summed E-state index contributed by atoms with van der Waals surface area (Å²) in [7, 11) is 0. The van der Waals surface area contributed by atoms with Gasteiger partial charge in [-0.05, 0) is 30.7 Å². The summed E-state index contributed by atoms with van der Waals surface area (Å²) < 4.78 is 46.4. The number of nitrogens with zero attached hydrogens (tertiary/aromatic N) is 8. The quantitative estimate of drug-likeness (QED) is 0.526. The first kappa shape index (κ1) is 26.3. The van der Waals surface area contributed by atoms with Gasteiger partial charge in [0.25, 0.3) is 5.82 Å². The van der Waals surface area contributed by atoms with Gasteiger partial charge in [0, 0.05) is 84.4 Å². The first-order valence-electron chi connectivity index (χ1n) is 13.1. The Morgan fingerprint density at radius 1 is 0.921 bits per heavy atom. The first-order valence-corrected chi connectivity index (χ1v) is 13.1. The Hall–Kier alpha value is -3.35. The van der Waals surface area contributed by atoms with Gasteiger partial charge in [0.15, 0.2) is 5.82 Å². The zero-order valence-corrected chi connectivity index (χ0v) is 21.5. The van der Waals surface area contributed by atoms with E-state index in [2.05, 4.69) is 30.0 Å². The van der Waals surface area contributed by atoms with Crippen molar-refractivity contribution < 1.29 is 22.7 Å². The molecule has 3 aliphatic rings. The summed E-state index contributed by atoms with van der Waals surface area (Å²) in [6.45, 7) is 9.46. The summed E-state index contributed by atoms with van der Waals surface area (Å²) in [6.07, 6.45) is -2.72. The zero-order chi connectivity index (χ0) is 26.7. The van der Waals surface area contributed by atoms with Crippen molar-refractivity contribution in [3.8, 4) is 5.75 Å². The lowest BCUT2D eigenvalue weighted by Gasteiger charge is -2.38. The molecule has 0 unspecified atom stereocenters. The van der Waals surface area contributed by atoms with Gasteiger partial charge >= 0.3 is 6.18 Å². The SMILES string of the molecule is CC(=O)N1CCN(CCCOc2ccc(N3CCN(C4=Nn5c(nnc5C(F)(F)F)CC4)CC3)cc2)CC1. The molecular formula is C25H33F3N8O2. The number of amidine groups is 1. The Morgan fingerprint density at radius 2 is 1.61 bits per heavy atom. The fourth-order valence-electron chi connectivity index (χ4n) is 5.10. The molecule has 2 saturated heterocycles. The maximum atomic E-state index is 13.2. The number of rotatable bonds is 6. The average Bonchev–Trinajstić information content (AvgIpc) is 3.36. The standard InChI is InChI=1S/C25H33F3N8O2/c1-19(37)33-12-10-32(11-13-33)9-2-18-38-21-5-3-20(4-6-21)34-14-16-35(17-15-34)23-8-7-22-29-30-24(25(26,27)28)36(22)31-23/h3-6H,2,7-18H2,1H3. The van der Waals surface area contributed by atoms with Crippen molar-refractivity contribution >= 4 is 17.4 Å². The summed E-state index contributed by atoms with van der Waals surface area (Å²) in [5.74, 6) is 0.793. The van der Waals surface area contributed by atoms with E-state index in [0.29, 0.717) is 38.4 Å². The summed E-state index contributed by atoms with van der Waals surface area (Å²) in [6, 6.07) is 8.04. The van der Waals surface area contributed by atoms with Crippen LogP contribution in [0.5, 0.6) is 5.75 Å². The van der Waals surface area contributed by atoms with Crippen molar-refractivity contribution in [2.24, 2.45) is 5.10 Å². The molecule has 10 nitrogen and oxygen atoms in total. The second-order valence-corrected chi connectivity index (χ2v) is 9.78. The molecule has 0 N–H and O–H groups in total. The van der Waals surface area contributed by atoms with Crippen molar-refractivity contribution in [2.75, 3.05) is 70.4 Å². The molecule has 1 aromatic carbocycles. The predicted molar refractivity (Wildman–Crippen MR) is 135 cm³/mol. The van der Waals surface area contributed by atoms with Crippen LogP contribution in [0.2, 0.25) is 0 Å². The molecule has 1 amide bonds. The van der Waals surface area contributed by atoms with Crippen LogP contribution >= 0.6 is 0 Å². The molecule has 0 atom stereocenters. The first-order chi connectivity index (χ1) is 18.3. The molecule has 0 bridgehead atoms. The van der Waals surface area contributed by atoms with E-state index in [4.69, 9.17) is 4.74 Å². The van der Waals surface area contributed by atoms with Crippen LogP contribution in [0, 0.1) is 0 Å². The Morgan fingerprint density at radius 3 is 2.26 bits per heavy atom. The topological polar surface area (TPSA) is 82.3 Å². The largest absolute Gasteiger partial charge is 0.494 e. The average molecular weight is 535 g/mol. The fourth-order valence-corrected chi connectivity index (χ4v) is 5.10. The molecule has 2 aromatic rings. The van der Waals surface area contributed by atoms with E-state index in [1.807, 2.05) is 29.2 Å². The molecule has 5 rings (SSSR count). The van der Waals surface area contributed by atoms with Gasteiger partial charge < -0.3 is 19.4 Å². The van der Waals surface area contributed by atoms with Crippen molar-refractivity contribution in [2.45, 2.75) is 32.4 Å². The summed E-state index contributed by atoms with van der Waals surface area (Å²) in [4.78, 5) is 20.0. The lowest BCUT2D eigenvalue weighted by atomic mass is 10.2. The number of anilines is 1. The minimum absolute atomic E-state index is 0.145. The third-order valence-electron chi connectivity index (χ3n) is 7.30. The summed E-state index contributed by atoms with van der Waals surface area (Å²) in [5.41, 5.74) is 1.09. The number of piperazine rings is 2. The highest BCUT2D eigenvalue weighted by Gasteiger charge is 2.40. The Kier molecular flexibility index (Phi) is 7.73. The molecule has 206 valence electrons. The third kappa shape index (κ3) is 6.03. The van der Waals surface area contributed by atoms with Crippen molar-refractivity contribution in [1.29, 1.82) is 0 Å². The van der Waals surface area contributed by atoms with E-state index in [1.54, 1.807) is 6.92 Å². The van der Waals surface area contributed by atoms with Crippen molar-refractivity contribution in [3.05, 3.63) is 35.9 Å². The highest BCUT2D eigenvalue weighted by Crippen LogP contribution is 2.30. The highest BCUT2D eigenvalue weighted by molar-refractivity contribution is 5.83. The molecular weight excluding hydrogens is 501 g/mol. The number of hydrogen-bond donors (Lipinski definition) is 0. The Balaban J connectivity index is 1.06. The maximum absolute atomic E-state index is 13.2. The monoisotopic (exact) mass is 534 g/mol. The van der Waals surface area contributed by atoms with Gasteiger partial charge in [-0.25, -0.2) is 0 Å². The number of aryl methyl sites for hydroxylation is 1. The number of amides is 1. The molecule has 0 saturated carbocycles. The van der Waals surface area contributed by atoms with Crippen LogP contribution in [0.25, 0.3) is 0 Å². The van der Waals surface area contributed by atoms with Gasteiger partial charge in [-0.15, -0.1) is 10.2 Å². The van der Waals surface area contributed by atoms with E-state index in [1.165, 1.54) is 0 Å². The lowest BCUT2D eigenvalue weighted by Crippen LogP contribution is -2.49. The highest BCUT2D eigenvalue weighted by atomic mass is 19.4. The number of alkyl halides is 3. The molecule has 38 heavy (non-hydrogen) atoms.